The monoisotopic (exact) mass is 293 g/mol. The maximum absolute atomic E-state index is 4.35. The number of thiophene rings is 1. The van der Waals surface area contributed by atoms with Gasteiger partial charge in [0.25, 0.3) is 0 Å². The van der Waals surface area contributed by atoms with Crippen LogP contribution in [-0.4, -0.2) is 20.5 Å². The summed E-state index contributed by atoms with van der Waals surface area (Å²) in [5, 5.41) is 11.7. The molecule has 2 aromatic heterocycles. The fourth-order valence-corrected chi connectivity index (χ4v) is 3.24. The number of hydrogen-bond donors (Lipinski definition) is 0. The molecule has 2 rings (SSSR count). The smallest absolute Gasteiger partial charge is 0.191 e. The summed E-state index contributed by atoms with van der Waals surface area (Å²) in [6.45, 7) is 11.3. The molecule has 0 aliphatic rings. The van der Waals surface area contributed by atoms with Gasteiger partial charge in [-0.05, 0) is 24.3 Å². The number of thioether (sulfide) groups is 1. The molecule has 2 aromatic rings. The molecule has 0 saturated carbocycles. The molecule has 0 atom stereocenters. The molecule has 0 aliphatic heterocycles. The molecule has 0 N–H and O–H groups in total. The van der Waals surface area contributed by atoms with Crippen LogP contribution in [0.1, 0.15) is 20.8 Å². The average Bonchev–Trinajstić information content (AvgIpc) is 2.94. The third-order valence-electron chi connectivity index (χ3n) is 2.43. The molecule has 0 spiro atoms. The first-order chi connectivity index (χ1) is 9.08. The largest absolute Gasteiger partial charge is 0.297 e. The topological polar surface area (TPSA) is 30.7 Å². The standard InChI is InChI=1S/C14H19N3S2/c1-10(2)8-17-13(12-6-5-7-18-12)15-16-14(17)19-9-11(3)4/h5-7,11H,1,8-9H2,2-4H3. The summed E-state index contributed by atoms with van der Waals surface area (Å²) in [6, 6.07) is 4.13. The van der Waals surface area contributed by atoms with E-state index in [0.29, 0.717) is 5.92 Å². The number of allylic oxidation sites excluding steroid dienone is 1. The van der Waals surface area contributed by atoms with Gasteiger partial charge in [0.1, 0.15) is 0 Å². The van der Waals surface area contributed by atoms with Crippen LogP contribution >= 0.6 is 23.1 Å². The van der Waals surface area contributed by atoms with Crippen LogP contribution in [0.3, 0.4) is 0 Å². The first-order valence-electron chi connectivity index (χ1n) is 6.32. The van der Waals surface area contributed by atoms with Gasteiger partial charge in [-0.2, -0.15) is 0 Å². The Balaban J connectivity index is 2.31. The van der Waals surface area contributed by atoms with E-state index >= 15 is 0 Å². The quantitative estimate of drug-likeness (QED) is 0.586. The molecule has 102 valence electrons. The van der Waals surface area contributed by atoms with Crippen molar-refractivity contribution in [2.45, 2.75) is 32.5 Å². The minimum absolute atomic E-state index is 0.644. The van der Waals surface area contributed by atoms with Gasteiger partial charge in [0.2, 0.25) is 0 Å². The summed E-state index contributed by atoms with van der Waals surface area (Å²) < 4.78 is 2.17. The van der Waals surface area contributed by atoms with Crippen molar-refractivity contribution in [2.75, 3.05) is 5.75 Å². The first-order valence-corrected chi connectivity index (χ1v) is 8.18. The Bertz CT molecular complexity index is 541. The molecule has 0 aliphatic carbocycles. The van der Waals surface area contributed by atoms with Gasteiger partial charge in [-0.1, -0.05) is 43.8 Å². The first kappa shape index (κ1) is 14.3. The van der Waals surface area contributed by atoms with Crippen LogP contribution in [0.25, 0.3) is 10.7 Å². The molecule has 5 heteroatoms. The third-order valence-corrected chi connectivity index (χ3v) is 4.69. The summed E-state index contributed by atoms with van der Waals surface area (Å²) in [5.41, 5.74) is 1.11. The van der Waals surface area contributed by atoms with Crippen molar-refractivity contribution in [2.24, 2.45) is 5.92 Å². The van der Waals surface area contributed by atoms with Crippen LogP contribution < -0.4 is 0 Å². The lowest BCUT2D eigenvalue weighted by atomic mass is 10.3. The minimum Gasteiger partial charge on any atom is -0.297 e. The van der Waals surface area contributed by atoms with Gasteiger partial charge in [0, 0.05) is 12.3 Å². The number of nitrogens with zero attached hydrogens (tertiary/aromatic N) is 3. The van der Waals surface area contributed by atoms with Crippen molar-refractivity contribution in [3.05, 3.63) is 29.7 Å². The summed E-state index contributed by atoms with van der Waals surface area (Å²) in [5.74, 6) is 2.65. The van der Waals surface area contributed by atoms with Crippen molar-refractivity contribution < 1.29 is 0 Å². The highest BCUT2D eigenvalue weighted by Gasteiger charge is 2.15. The predicted molar refractivity (Wildman–Crippen MR) is 83.7 cm³/mol. The highest BCUT2D eigenvalue weighted by molar-refractivity contribution is 7.99. The lowest BCUT2D eigenvalue weighted by Gasteiger charge is -2.09. The van der Waals surface area contributed by atoms with Crippen LogP contribution in [0, 0.1) is 5.92 Å². The second-order valence-electron chi connectivity index (χ2n) is 5.03. The highest BCUT2D eigenvalue weighted by Crippen LogP contribution is 2.28. The molecule has 0 aromatic carbocycles. The van der Waals surface area contributed by atoms with E-state index in [-0.39, 0.29) is 0 Å². The van der Waals surface area contributed by atoms with Gasteiger partial charge in [0.15, 0.2) is 11.0 Å². The van der Waals surface area contributed by atoms with Crippen molar-refractivity contribution in [1.82, 2.24) is 14.8 Å². The maximum atomic E-state index is 4.35. The predicted octanol–water partition coefficient (Wildman–Crippen LogP) is 4.33. The van der Waals surface area contributed by atoms with E-state index in [1.165, 1.54) is 0 Å². The van der Waals surface area contributed by atoms with E-state index in [1.807, 2.05) is 13.0 Å². The second-order valence-corrected chi connectivity index (χ2v) is 6.97. The second kappa shape index (κ2) is 6.39. The van der Waals surface area contributed by atoms with Crippen LogP contribution in [0.15, 0.2) is 34.8 Å². The number of rotatable bonds is 6. The molecular weight excluding hydrogens is 274 g/mol. The zero-order valence-electron chi connectivity index (χ0n) is 11.6. The highest BCUT2D eigenvalue weighted by atomic mass is 32.2. The van der Waals surface area contributed by atoms with Gasteiger partial charge >= 0.3 is 0 Å². The fraction of sp³-hybridized carbons (Fsp3) is 0.429. The molecular formula is C14H19N3S2. The summed E-state index contributed by atoms with van der Waals surface area (Å²) in [4.78, 5) is 1.16. The van der Waals surface area contributed by atoms with Gasteiger partial charge in [-0.25, -0.2) is 0 Å². The van der Waals surface area contributed by atoms with Crippen molar-refractivity contribution in [1.29, 1.82) is 0 Å². The van der Waals surface area contributed by atoms with Crippen molar-refractivity contribution in [3.8, 4) is 10.7 Å². The van der Waals surface area contributed by atoms with Crippen molar-refractivity contribution in [3.63, 3.8) is 0 Å². The number of hydrogen-bond acceptors (Lipinski definition) is 4. The molecule has 0 bridgehead atoms. The van der Waals surface area contributed by atoms with E-state index in [1.54, 1.807) is 23.1 Å². The summed E-state index contributed by atoms with van der Waals surface area (Å²) in [7, 11) is 0. The van der Waals surface area contributed by atoms with Gasteiger partial charge in [-0.3, -0.25) is 4.57 Å². The van der Waals surface area contributed by atoms with E-state index in [4.69, 9.17) is 0 Å². The lowest BCUT2D eigenvalue weighted by molar-refractivity contribution is 0.699. The van der Waals surface area contributed by atoms with Gasteiger partial charge < -0.3 is 0 Å². The van der Waals surface area contributed by atoms with Gasteiger partial charge in [-0.15, -0.1) is 21.5 Å². The van der Waals surface area contributed by atoms with Gasteiger partial charge in [0.05, 0.1) is 4.88 Å². The fourth-order valence-electron chi connectivity index (χ4n) is 1.64. The third kappa shape index (κ3) is 3.70. The molecule has 0 amide bonds. The molecule has 0 saturated heterocycles. The molecule has 3 nitrogen and oxygen atoms in total. The zero-order valence-corrected chi connectivity index (χ0v) is 13.2. The van der Waals surface area contributed by atoms with E-state index in [9.17, 15) is 0 Å². The number of aromatic nitrogens is 3. The van der Waals surface area contributed by atoms with Crippen molar-refractivity contribution >= 4 is 23.1 Å². The Kier molecular flexibility index (Phi) is 4.82. The Labute approximate surface area is 122 Å². The molecule has 0 fully saturated rings. The van der Waals surface area contributed by atoms with Crippen LogP contribution in [-0.2, 0) is 6.54 Å². The Morgan fingerprint density at radius 1 is 1.47 bits per heavy atom. The van der Waals surface area contributed by atoms with E-state index in [0.717, 1.165) is 33.7 Å². The van der Waals surface area contributed by atoms with E-state index < -0.39 is 0 Å². The summed E-state index contributed by atoms with van der Waals surface area (Å²) in [6.07, 6.45) is 0. The molecule has 19 heavy (non-hydrogen) atoms. The van der Waals surface area contributed by atoms with Crippen LogP contribution in [0.5, 0.6) is 0 Å². The van der Waals surface area contributed by atoms with Crippen LogP contribution in [0.2, 0.25) is 0 Å². The maximum Gasteiger partial charge on any atom is 0.191 e. The SMILES string of the molecule is C=C(C)Cn1c(SCC(C)C)nnc1-c1cccs1. The molecule has 2 heterocycles. The lowest BCUT2D eigenvalue weighted by Crippen LogP contribution is -2.04. The minimum atomic E-state index is 0.644. The van der Waals surface area contributed by atoms with Crippen LogP contribution in [0.4, 0.5) is 0 Å². The zero-order chi connectivity index (χ0) is 13.8. The molecule has 0 radical (unpaired) electrons. The summed E-state index contributed by atoms with van der Waals surface area (Å²) >= 11 is 3.46. The normalized spacial score (nSPS) is 11.2. The average molecular weight is 293 g/mol. The Hall–Kier alpha value is -1.07. The van der Waals surface area contributed by atoms with E-state index in [2.05, 4.69) is 46.6 Å². The molecule has 0 unspecified atom stereocenters. The Morgan fingerprint density at radius 3 is 2.84 bits per heavy atom. The Morgan fingerprint density at radius 2 is 2.26 bits per heavy atom.